The fraction of sp³-hybridized carbons (Fsp3) is 0.429. The number of piperazine rings is 1. The van der Waals surface area contributed by atoms with Gasteiger partial charge in [0.25, 0.3) is 0 Å². The van der Waals surface area contributed by atoms with Crippen molar-refractivity contribution in [1.82, 2.24) is 14.9 Å². The second-order valence-corrected chi connectivity index (χ2v) is 10.5. The SMILES string of the molecule is C=S1(=O)CCC(C(=O)N2CCN(c3ncccn3)CC2c2ccccc2F)CC1. The van der Waals surface area contributed by atoms with Crippen LogP contribution in [0.25, 0.3) is 0 Å². The third-order valence-electron chi connectivity index (χ3n) is 5.79. The predicted octanol–water partition coefficient (Wildman–Crippen LogP) is 2.13. The molecule has 1 unspecified atom stereocenters. The van der Waals surface area contributed by atoms with Gasteiger partial charge in [0.2, 0.25) is 11.9 Å². The molecular weight excluding hydrogens is 391 g/mol. The lowest BCUT2D eigenvalue weighted by molar-refractivity contribution is -0.138. The van der Waals surface area contributed by atoms with E-state index in [9.17, 15) is 13.4 Å². The molecule has 154 valence electrons. The third-order valence-corrected chi connectivity index (χ3v) is 7.75. The molecule has 0 N–H and O–H groups in total. The average Bonchev–Trinajstić information content (AvgIpc) is 2.74. The maximum Gasteiger partial charge on any atom is 0.226 e. The monoisotopic (exact) mass is 416 g/mol. The zero-order valence-electron chi connectivity index (χ0n) is 16.2. The first-order valence-electron chi connectivity index (χ1n) is 9.84. The maximum atomic E-state index is 14.7. The topological polar surface area (TPSA) is 66.4 Å². The summed E-state index contributed by atoms with van der Waals surface area (Å²) in [6.45, 7) is 1.47. The Morgan fingerprint density at radius 2 is 1.79 bits per heavy atom. The van der Waals surface area contributed by atoms with Gasteiger partial charge in [0.05, 0.1) is 6.04 Å². The van der Waals surface area contributed by atoms with Gasteiger partial charge >= 0.3 is 0 Å². The number of amides is 1. The van der Waals surface area contributed by atoms with Gasteiger partial charge < -0.3 is 9.80 Å². The molecule has 0 saturated carbocycles. The molecule has 6 nitrogen and oxygen atoms in total. The van der Waals surface area contributed by atoms with Crippen LogP contribution in [0, 0.1) is 11.7 Å². The van der Waals surface area contributed by atoms with E-state index in [1.165, 1.54) is 6.07 Å². The van der Waals surface area contributed by atoms with Crippen LogP contribution in [-0.2, 0) is 14.3 Å². The minimum absolute atomic E-state index is 0.0155. The summed E-state index contributed by atoms with van der Waals surface area (Å²) in [7, 11) is -2.05. The number of hydrogen-bond acceptors (Lipinski definition) is 5. The van der Waals surface area contributed by atoms with Crippen molar-refractivity contribution in [2.75, 3.05) is 36.0 Å². The highest BCUT2D eigenvalue weighted by molar-refractivity contribution is 8.00. The molecule has 2 aromatic rings. The molecule has 2 aliphatic heterocycles. The van der Waals surface area contributed by atoms with Gasteiger partial charge in [0.15, 0.2) is 0 Å². The summed E-state index contributed by atoms with van der Waals surface area (Å²) in [4.78, 5) is 25.7. The van der Waals surface area contributed by atoms with E-state index in [-0.39, 0.29) is 17.6 Å². The van der Waals surface area contributed by atoms with E-state index >= 15 is 0 Å². The number of nitrogens with zero attached hydrogens (tertiary/aromatic N) is 4. The highest BCUT2D eigenvalue weighted by Crippen LogP contribution is 2.32. The normalized spacial score (nSPS) is 27.6. The quantitative estimate of drug-likeness (QED) is 0.718. The van der Waals surface area contributed by atoms with Crippen LogP contribution in [0.15, 0.2) is 42.7 Å². The Balaban J connectivity index is 1.60. The number of carbonyl (C=O) groups excluding carboxylic acids is 1. The Morgan fingerprint density at radius 3 is 2.48 bits per heavy atom. The van der Waals surface area contributed by atoms with E-state index in [4.69, 9.17) is 0 Å². The molecule has 2 fully saturated rings. The van der Waals surface area contributed by atoms with Gasteiger partial charge in [-0.05, 0) is 40.4 Å². The van der Waals surface area contributed by atoms with E-state index in [0.717, 1.165) is 0 Å². The minimum Gasteiger partial charge on any atom is -0.337 e. The summed E-state index contributed by atoms with van der Waals surface area (Å²) in [5.74, 6) is 4.83. The molecule has 0 spiro atoms. The van der Waals surface area contributed by atoms with Crippen molar-refractivity contribution in [3.63, 3.8) is 0 Å². The molecule has 2 aliphatic rings. The van der Waals surface area contributed by atoms with Gasteiger partial charge in [-0.15, -0.1) is 0 Å². The number of rotatable bonds is 3. The van der Waals surface area contributed by atoms with Crippen LogP contribution < -0.4 is 4.90 Å². The van der Waals surface area contributed by atoms with Crippen molar-refractivity contribution in [3.05, 3.63) is 54.1 Å². The van der Waals surface area contributed by atoms with E-state index in [1.807, 2.05) is 4.90 Å². The molecular formula is C21H25FN4O2S. The Bertz CT molecular complexity index is 969. The van der Waals surface area contributed by atoms with Crippen LogP contribution in [0.1, 0.15) is 24.4 Å². The molecule has 1 atom stereocenters. The number of hydrogen-bond donors (Lipinski definition) is 0. The smallest absolute Gasteiger partial charge is 0.226 e. The molecule has 3 heterocycles. The van der Waals surface area contributed by atoms with Crippen LogP contribution in [0.2, 0.25) is 0 Å². The summed E-state index contributed by atoms with van der Waals surface area (Å²) < 4.78 is 26.8. The Labute approximate surface area is 170 Å². The second-order valence-electron chi connectivity index (χ2n) is 7.71. The van der Waals surface area contributed by atoms with Gasteiger partial charge in [-0.1, -0.05) is 18.2 Å². The molecule has 29 heavy (non-hydrogen) atoms. The molecule has 1 aromatic carbocycles. The van der Waals surface area contributed by atoms with Crippen molar-refractivity contribution in [2.24, 2.45) is 5.92 Å². The molecule has 0 bridgehead atoms. The third kappa shape index (κ3) is 4.27. The van der Waals surface area contributed by atoms with Crippen LogP contribution in [0.3, 0.4) is 0 Å². The van der Waals surface area contributed by atoms with Crippen molar-refractivity contribution in [1.29, 1.82) is 0 Å². The molecule has 1 aromatic heterocycles. The maximum absolute atomic E-state index is 14.7. The number of benzene rings is 1. The Hall–Kier alpha value is -2.48. The van der Waals surface area contributed by atoms with Crippen LogP contribution in [-0.4, -0.2) is 62.0 Å². The lowest BCUT2D eigenvalue weighted by Gasteiger charge is -2.43. The first-order valence-corrected chi connectivity index (χ1v) is 11.9. The van der Waals surface area contributed by atoms with Crippen molar-refractivity contribution < 1.29 is 13.4 Å². The van der Waals surface area contributed by atoms with Gasteiger partial charge in [0.1, 0.15) is 5.82 Å². The first kappa shape index (κ1) is 19.8. The Kier molecular flexibility index (Phi) is 5.54. The highest BCUT2D eigenvalue weighted by Gasteiger charge is 2.37. The van der Waals surface area contributed by atoms with Gasteiger partial charge in [-0.2, -0.15) is 0 Å². The summed E-state index contributed by atoms with van der Waals surface area (Å²) >= 11 is 0. The van der Waals surface area contributed by atoms with Crippen LogP contribution in [0.5, 0.6) is 0 Å². The number of carbonyl (C=O) groups is 1. The molecule has 8 heteroatoms. The lowest BCUT2D eigenvalue weighted by atomic mass is 9.96. The predicted molar refractivity (Wildman–Crippen MR) is 113 cm³/mol. The number of anilines is 1. The van der Waals surface area contributed by atoms with Gasteiger partial charge in [0, 0.05) is 55.0 Å². The number of halogens is 1. The van der Waals surface area contributed by atoms with E-state index in [2.05, 4.69) is 15.8 Å². The summed E-state index contributed by atoms with van der Waals surface area (Å²) in [5.41, 5.74) is 0.498. The van der Waals surface area contributed by atoms with Crippen molar-refractivity contribution in [3.8, 4) is 0 Å². The summed E-state index contributed by atoms with van der Waals surface area (Å²) in [5, 5.41) is 0. The average molecular weight is 417 g/mol. The Morgan fingerprint density at radius 1 is 1.10 bits per heavy atom. The zero-order valence-corrected chi connectivity index (χ0v) is 17.1. The minimum atomic E-state index is -2.05. The zero-order chi connectivity index (χ0) is 20.4. The van der Waals surface area contributed by atoms with Crippen LogP contribution in [0.4, 0.5) is 10.3 Å². The van der Waals surface area contributed by atoms with E-state index in [1.54, 1.807) is 41.6 Å². The van der Waals surface area contributed by atoms with Crippen molar-refractivity contribution >= 4 is 27.2 Å². The van der Waals surface area contributed by atoms with Crippen molar-refractivity contribution in [2.45, 2.75) is 18.9 Å². The second kappa shape index (κ2) is 8.10. The highest BCUT2D eigenvalue weighted by atomic mass is 32.2. The van der Waals surface area contributed by atoms with Crippen LogP contribution >= 0.6 is 0 Å². The fourth-order valence-electron chi connectivity index (χ4n) is 4.14. The van der Waals surface area contributed by atoms with Gasteiger partial charge in [-0.25, -0.2) is 14.4 Å². The molecule has 0 aliphatic carbocycles. The number of aromatic nitrogens is 2. The standard InChI is InChI=1S/C21H25FN4O2S/c1-29(28)13-7-16(8-14-29)20(27)26-12-11-25(21-23-9-4-10-24-21)15-19(26)17-5-2-3-6-18(17)22/h2-6,9-10,16,19H,1,7-8,11-15H2. The fourth-order valence-corrected chi connectivity index (χ4v) is 5.77. The lowest BCUT2D eigenvalue weighted by Crippen LogP contribution is -2.53. The van der Waals surface area contributed by atoms with Gasteiger partial charge in [-0.3, -0.25) is 9.00 Å². The molecule has 4 rings (SSSR count). The molecule has 0 radical (unpaired) electrons. The largest absolute Gasteiger partial charge is 0.337 e. The summed E-state index contributed by atoms with van der Waals surface area (Å²) in [6, 6.07) is 7.93. The molecule has 2 saturated heterocycles. The van der Waals surface area contributed by atoms with E-state index in [0.29, 0.717) is 55.5 Å². The first-order chi connectivity index (χ1) is 13.9. The van der Waals surface area contributed by atoms with E-state index < -0.39 is 15.6 Å². The summed E-state index contributed by atoms with van der Waals surface area (Å²) in [6.07, 6.45) is 4.51. The molecule has 1 amide bonds.